The highest BCUT2D eigenvalue weighted by molar-refractivity contribution is 5.48. The summed E-state index contributed by atoms with van der Waals surface area (Å²) < 4.78 is 0. The zero-order chi connectivity index (χ0) is 9.38. The molecule has 74 valence electrons. The largest absolute Gasteiger partial charge is 0.367 e. The average molecular weight is 188 g/mol. The number of rotatable bonds is 1. The van der Waals surface area contributed by atoms with E-state index in [0.717, 1.165) is 12.0 Å². The second kappa shape index (κ2) is 3.28. The molecule has 2 heteroatoms. The fourth-order valence-corrected chi connectivity index (χ4v) is 2.79. The zero-order valence-electron chi connectivity index (χ0n) is 8.32. The molecule has 0 unspecified atom stereocenters. The Bertz CT molecular complexity index is 309. The van der Waals surface area contributed by atoms with Gasteiger partial charge in [0.25, 0.3) is 0 Å². The second-order valence-electron chi connectivity index (χ2n) is 4.30. The van der Waals surface area contributed by atoms with Crippen molar-refractivity contribution in [3.8, 4) is 0 Å². The summed E-state index contributed by atoms with van der Waals surface area (Å²) >= 11 is 0. The second-order valence-corrected chi connectivity index (χ2v) is 4.30. The molecule has 14 heavy (non-hydrogen) atoms. The van der Waals surface area contributed by atoms with Crippen LogP contribution < -0.4 is 10.2 Å². The maximum atomic E-state index is 3.48. The molecule has 1 aromatic rings. The minimum absolute atomic E-state index is 0.748. The van der Waals surface area contributed by atoms with E-state index in [1.54, 1.807) is 0 Å². The molecular formula is C12H16N2. The van der Waals surface area contributed by atoms with Crippen molar-refractivity contribution < 1.29 is 0 Å². The summed E-state index contributed by atoms with van der Waals surface area (Å²) in [7, 11) is 0. The van der Waals surface area contributed by atoms with Crippen LogP contribution in [-0.2, 0) is 0 Å². The molecule has 2 nitrogen and oxygen atoms in total. The number of fused-ring (bicyclic) bond motifs is 1. The van der Waals surface area contributed by atoms with Crippen molar-refractivity contribution >= 4 is 5.69 Å². The Balaban J connectivity index is 1.86. The van der Waals surface area contributed by atoms with Crippen LogP contribution in [0.2, 0.25) is 0 Å². The molecule has 0 amide bonds. The summed E-state index contributed by atoms with van der Waals surface area (Å²) in [5.41, 5.74) is 1.39. The van der Waals surface area contributed by atoms with Gasteiger partial charge in [0.2, 0.25) is 0 Å². The van der Waals surface area contributed by atoms with Crippen LogP contribution in [0, 0.1) is 5.92 Å². The van der Waals surface area contributed by atoms with Crippen LogP contribution in [0.3, 0.4) is 0 Å². The first-order valence-electron chi connectivity index (χ1n) is 5.47. The minimum atomic E-state index is 0.748. The minimum Gasteiger partial charge on any atom is -0.367 e. The Hall–Kier alpha value is -1.02. The van der Waals surface area contributed by atoms with Crippen LogP contribution >= 0.6 is 0 Å². The average Bonchev–Trinajstić information content (AvgIpc) is 2.79. The van der Waals surface area contributed by atoms with Gasteiger partial charge in [0.15, 0.2) is 0 Å². The SMILES string of the molecule is c1ccc(N2CC[C@H]3CNC[C@H]32)cc1. The summed E-state index contributed by atoms with van der Waals surface area (Å²) in [5.74, 6) is 0.884. The van der Waals surface area contributed by atoms with Crippen LogP contribution in [-0.4, -0.2) is 25.7 Å². The third-order valence-corrected chi connectivity index (χ3v) is 3.53. The van der Waals surface area contributed by atoms with Crippen molar-refractivity contribution in [1.29, 1.82) is 0 Å². The van der Waals surface area contributed by atoms with Gasteiger partial charge in [-0.05, 0) is 24.5 Å². The molecule has 2 fully saturated rings. The Morgan fingerprint density at radius 1 is 1.14 bits per heavy atom. The van der Waals surface area contributed by atoms with E-state index in [1.807, 2.05) is 0 Å². The molecule has 0 aromatic heterocycles. The van der Waals surface area contributed by atoms with Crippen LogP contribution in [0.1, 0.15) is 6.42 Å². The van der Waals surface area contributed by atoms with Crippen molar-refractivity contribution in [2.75, 3.05) is 24.5 Å². The zero-order valence-corrected chi connectivity index (χ0v) is 8.32. The van der Waals surface area contributed by atoms with Crippen LogP contribution in [0.15, 0.2) is 30.3 Å². The molecule has 1 N–H and O–H groups in total. The number of nitrogens with one attached hydrogen (secondary N) is 1. The molecule has 2 atom stereocenters. The third kappa shape index (κ3) is 1.22. The Morgan fingerprint density at radius 3 is 2.86 bits per heavy atom. The standard InChI is InChI=1S/C12H16N2/c1-2-4-11(5-3-1)14-7-6-10-8-13-9-12(10)14/h1-5,10,12-13H,6-9H2/t10-,12+/m0/s1. The van der Waals surface area contributed by atoms with Gasteiger partial charge in [0.1, 0.15) is 0 Å². The number of benzene rings is 1. The van der Waals surface area contributed by atoms with Crippen molar-refractivity contribution in [3.63, 3.8) is 0 Å². The Morgan fingerprint density at radius 2 is 2.00 bits per heavy atom. The molecule has 0 radical (unpaired) electrons. The maximum absolute atomic E-state index is 3.48. The van der Waals surface area contributed by atoms with Crippen molar-refractivity contribution in [2.45, 2.75) is 12.5 Å². The van der Waals surface area contributed by atoms with Crippen LogP contribution in [0.5, 0.6) is 0 Å². The van der Waals surface area contributed by atoms with Crippen molar-refractivity contribution in [3.05, 3.63) is 30.3 Å². The van der Waals surface area contributed by atoms with Gasteiger partial charge in [0, 0.05) is 31.4 Å². The molecule has 2 saturated heterocycles. The van der Waals surface area contributed by atoms with Crippen LogP contribution in [0.4, 0.5) is 5.69 Å². The van der Waals surface area contributed by atoms with Gasteiger partial charge < -0.3 is 10.2 Å². The van der Waals surface area contributed by atoms with Crippen molar-refractivity contribution in [2.24, 2.45) is 5.92 Å². The Labute approximate surface area is 84.9 Å². The first-order valence-corrected chi connectivity index (χ1v) is 5.47. The Kier molecular flexibility index (Phi) is 1.95. The van der Waals surface area contributed by atoms with Gasteiger partial charge in [-0.3, -0.25) is 0 Å². The van der Waals surface area contributed by atoms with E-state index in [4.69, 9.17) is 0 Å². The fourth-order valence-electron chi connectivity index (χ4n) is 2.79. The van der Waals surface area contributed by atoms with Gasteiger partial charge in [0.05, 0.1) is 0 Å². The molecule has 0 aliphatic carbocycles. The van der Waals surface area contributed by atoms with Gasteiger partial charge in [-0.2, -0.15) is 0 Å². The predicted octanol–water partition coefficient (Wildman–Crippen LogP) is 1.48. The van der Waals surface area contributed by atoms with E-state index >= 15 is 0 Å². The number of hydrogen-bond donors (Lipinski definition) is 1. The van der Waals surface area contributed by atoms with Crippen LogP contribution in [0.25, 0.3) is 0 Å². The van der Waals surface area contributed by atoms with Gasteiger partial charge in [-0.15, -0.1) is 0 Å². The summed E-state index contributed by atoms with van der Waals surface area (Å²) in [6.07, 6.45) is 1.35. The number of anilines is 1. The van der Waals surface area contributed by atoms with Gasteiger partial charge >= 0.3 is 0 Å². The van der Waals surface area contributed by atoms with E-state index in [-0.39, 0.29) is 0 Å². The lowest BCUT2D eigenvalue weighted by atomic mass is 10.1. The molecule has 0 saturated carbocycles. The predicted molar refractivity (Wildman–Crippen MR) is 58.6 cm³/mol. The van der Waals surface area contributed by atoms with E-state index in [9.17, 15) is 0 Å². The molecule has 3 rings (SSSR count). The molecule has 0 spiro atoms. The lowest BCUT2D eigenvalue weighted by Gasteiger charge is -2.25. The third-order valence-electron chi connectivity index (χ3n) is 3.53. The molecule has 2 aliphatic rings. The lowest BCUT2D eigenvalue weighted by Crippen LogP contribution is -2.33. The molecule has 0 bridgehead atoms. The summed E-state index contributed by atoms with van der Waals surface area (Å²) in [5, 5.41) is 3.48. The number of para-hydroxylation sites is 1. The fraction of sp³-hybridized carbons (Fsp3) is 0.500. The first-order chi connectivity index (χ1) is 6.95. The summed E-state index contributed by atoms with van der Waals surface area (Å²) in [4.78, 5) is 2.56. The van der Waals surface area contributed by atoms with E-state index in [1.165, 1.54) is 31.7 Å². The normalized spacial score (nSPS) is 30.7. The smallest absolute Gasteiger partial charge is 0.0455 e. The monoisotopic (exact) mass is 188 g/mol. The molecule has 2 aliphatic heterocycles. The number of hydrogen-bond acceptors (Lipinski definition) is 2. The molecular weight excluding hydrogens is 172 g/mol. The van der Waals surface area contributed by atoms with E-state index < -0.39 is 0 Å². The topological polar surface area (TPSA) is 15.3 Å². The highest BCUT2D eigenvalue weighted by atomic mass is 15.2. The summed E-state index contributed by atoms with van der Waals surface area (Å²) in [6, 6.07) is 11.5. The lowest BCUT2D eigenvalue weighted by molar-refractivity contribution is 0.579. The number of nitrogens with zero attached hydrogens (tertiary/aromatic N) is 1. The first kappa shape index (κ1) is 8.30. The van der Waals surface area contributed by atoms with Crippen molar-refractivity contribution in [1.82, 2.24) is 5.32 Å². The molecule has 1 aromatic carbocycles. The van der Waals surface area contributed by atoms with E-state index in [0.29, 0.717) is 0 Å². The maximum Gasteiger partial charge on any atom is 0.0455 e. The van der Waals surface area contributed by atoms with Gasteiger partial charge in [-0.1, -0.05) is 18.2 Å². The van der Waals surface area contributed by atoms with Gasteiger partial charge in [-0.25, -0.2) is 0 Å². The highest BCUT2D eigenvalue weighted by Crippen LogP contribution is 2.31. The summed E-state index contributed by atoms with van der Waals surface area (Å²) in [6.45, 7) is 3.62. The highest BCUT2D eigenvalue weighted by Gasteiger charge is 2.37. The van der Waals surface area contributed by atoms with E-state index in [2.05, 4.69) is 40.5 Å². The molecule has 2 heterocycles. The quantitative estimate of drug-likeness (QED) is 0.718.